The molecule has 0 radical (unpaired) electrons. The number of nitrogens with one attached hydrogen (secondary N) is 2. The van der Waals surface area contributed by atoms with E-state index in [1.54, 1.807) is 7.11 Å². The minimum atomic E-state index is 0. The molecule has 1 amide bonds. The highest BCUT2D eigenvalue weighted by molar-refractivity contribution is 5.85. The van der Waals surface area contributed by atoms with Crippen molar-refractivity contribution < 1.29 is 9.53 Å². The Labute approximate surface area is 97.5 Å². The lowest BCUT2D eigenvalue weighted by molar-refractivity contribution is -0.120. The summed E-state index contributed by atoms with van der Waals surface area (Å²) >= 11 is 0. The topological polar surface area (TPSA) is 50.4 Å². The molecule has 4 nitrogen and oxygen atoms in total. The Balaban J connectivity index is 0.00000196. The van der Waals surface area contributed by atoms with E-state index in [2.05, 4.69) is 10.6 Å². The molecule has 1 saturated carbocycles. The number of rotatable bonds is 8. The van der Waals surface area contributed by atoms with Gasteiger partial charge in [0, 0.05) is 20.3 Å². The van der Waals surface area contributed by atoms with E-state index in [0.717, 1.165) is 18.9 Å². The predicted molar refractivity (Wildman–Crippen MR) is 62.3 cm³/mol. The fraction of sp³-hybridized carbons (Fsp3) is 0.900. The van der Waals surface area contributed by atoms with Crippen LogP contribution in [0.4, 0.5) is 0 Å². The minimum absolute atomic E-state index is 0. The summed E-state index contributed by atoms with van der Waals surface area (Å²) in [5.74, 6) is 0.915. The lowest BCUT2D eigenvalue weighted by Gasteiger charge is -2.05. The van der Waals surface area contributed by atoms with E-state index in [0.29, 0.717) is 19.7 Å². The van der Waals surface area contributed by atoms with E-state index >= 15 is 0 Å². The molecule has 1 rings (SSSR count). The zero-order chi connectivity index (χ0) is 10.2. The first-order valence-electron chi connectivity index (χ1n) is 5.29. The second-order valence-electron chi connectivity index (χ2n) is 3.77. The van der Waals surface area contributed by atoms with Crippen LogP contribution in [0.2, 0.25) is 0 Å². The fourth-order valence-electron chi connectivity index (χ4n) is 1.22. The molecule has 0 atom stereocenters. The van der Waals surface area contributed by atoms with Gasteiger partial charge in [0.1, 0.15) is 0 Å². The van der Waals surface area contributed by atoms with Crippen LogP contribution in [0.3, 0.4) is 0 Å². The standard InChI is InChI=1S/C10H20N2O2.ClH/c1-14-6-2-5-12-10(13)8-11-7-9-3-4-9;/h9,11H,2-8H2,1H3,(H,12,13);1H. The van der Waals surface area contributed by atoms with Crippen molar-refractivity contribution in [3.63, 3.8) is 0 Å². The summed E-state index contributed by atoms with van der Waals surface area (Å²) in [6.07, 6.45) is 3.52. The van der Waals surface area contributed by atoms with Gasteiger partial charge in [-0.3, -0.25) is 4.79 Å². The third-order valence-electron chi connectivity index (χ3n) is 2.26. The molecule has 0 spiro atoms. The van der Waals surface area contributed by atoms with E-state index in [-0.39, 0.29) is 18.3 Å². The van der Waals surface area contributed by atoms with Gasteiger partial charge < -0.3 is 15.4 Å². The molecule has 1 aliphatic carbocycles. The van der Waals surface area contributed by atoms with E-state index in [1.165, 1.54) is 12.8 Å². The highest BCUT2D eigenvalue weighted by Gasteiger charge is 2.20. The van der Waals surface area contributed by atoms with Crippen molar-refractivity contribution in [2.75, 3.05) is 33.4 Å². The van der Waals surface area contributed by atoms with Crippen LogP contribution < -0.4 is 10.6 Å². The maximum Gasteiger partial charge on any atom is 0.233 e. The second-order valence-corrected chi connectivity index (χ2v) is 3.77. The summed E-state index contributed by atoms with van der Waals surface area (Å²) in [7, 11) is 1.67. The molecule has 2 N–H and O–H groups in total. The average Bonchev–Trinajstić information content (AvgIpc) is 2.96. The van der Waals surface area contributed by atoms with Crippen molar-refractivity contribution in [2.24, 2.45) is 5.92 Å². The Bertz CT molecular complexity index is 175. The van der Waals surface area contributed by atoms with Crippen molar-refractivity contribution in [1.29, 1.82) is 0 Å². The van der Waals surface area contributed by atoms with E-state index in [4.69, 9.17) is 4.74 Å². The molecule has 0 bridgehead atoms. The van der Waals surface area contributed by atoms with Crippen LogP contribution in [0.1, 0.15) is 19.3 Å². The highest BCUT2D eigenvalue weighted by atomic mass is 35.5. The van der Waals surface area contributed by atoms with Crippen LogP contribution in [-0.4, -0.2) is 39.3 Å². The highest BCUT2D eigenvalue weighted by Crippen LogP contribution is 2.27. The third-order valence-corrected chi connectivity index (χ3v) is 2.26. The fourth-order valence-corrected chi connectivity index (χ4v) is 1.22. The molecule has 0 unspecified atom stereocenters. The smallest absolute Gasteiger partial charge is 0.233 e. The van der Waals surface area contributed by atoms with Crippen molar-refractivity contribution in [2.45, 2.75) is 19.3 Å². The summed E-state index contributed by atoms with van der Waals surface area (Å²) < 4.78 is 4.88. The van der Waals surface area contributed by atoms with Crippen molar-refractivity contribution >= 4 is 18.3 Å². The van der Waals surface area contributed by atoms with Gasteiger partial charge in [0.25, 0.3) is 0 Å². The number of carbonyl (C=O) groups is 1. The lowest BCUT2D eigenvalue weighted by Crippen LogP contribution is -2.35. The molecule has 1 aliphatic rings. The summed E-state index contributed by atoms with van der Waals surface area (Å²) in [6, 6.07) is 0. The molecule has 15 heavy (non-hydrogen) atoms. The molecular weight excluding hydrogens is 216 g/mol. The molecule has 1 fully saturated rings. The molecule has 0 aromatic heterocycles. The monoisotopic (exact) mass is 236 g/mol. The predicted octanol–water partition coefficient (Wildman–Crippen LogP) is 0.560. The minimum Gasteiger partial charge on any atom is -0.385 e. The van der Waals surface area contributed by atoms with Crippen molar-refractivity contribution in [1.82, 2.24) is 10.6 Å². The SMILES string of the molecule is COCCCNC(=O)CNCC1CC1.Cl. The number of hydrogen-bond acceptors (Lipinski definition) is 3. The number of ether oxygens (including phenoxy) is 1. The van der Waals surface area contributed by atoms with E-state index in [9.17, 15) is 4.79 Å². The Morgan fingerprint density at radius 3 is 2.80 bits per heavy atom. The van der Waals surface area contributed by atoms with Crippen molar-refractivity contribution in [3.05, 3.63) is 0 Å². The molecule has 0 heterocycles. The maximum atomic E-state index is 11.2. The van der Waals surface area contributed by atoms with E-state index in [1.807, 2.05) is 0 Å². The number of halogens is 1. The largest absolute Gasteiger partial charge is 0.385 e. The normalized spacial score (nSPS) is 14.5. The first kappa shape index (κ1) is 14.7. The molecule has 0 saturated heterocycles. The quantitative estimate of drug-likeness (QED) is 0.606. The number of hydrogen-bond donors (Lipinski definition) is 2. The van der Waals surface area contributed by atoms with Crippen LogP contribution in [0.25, 0.3) is 0 Å². The Kier molecular flexibility index (Phi) is 8.76. The van der Waals surface area contributed by atoms with Crippen LogP contribution >= 0.6 is 12.4 Å². The van der Waals surface area contributed by atoms with Gasteiger partial charge in [-0.25, -0.2) is 0 Å². The van der Waals surface area contributed by atoms with Crippen LogP contribution in [0.5, 0.6) is 0 Å². The summed E-state index contributed by atoms with van der Waals surface area (Å²) in [5.41, 5.74) is 0. The average molecular weight is 237 g/mol. The molecule has 90 valence electrons. The summed E-state index contributed by atoms with van der Waals surface area (Å²) in [5, 5.41) is 5.97. The maximum absolute atomic E-state index is 11.2. The van der Waals surface area contributed by atoms with E-state index < -0.39 is 0 Å². The third kappa shape index (κ3) is 8.66. The van der Waals surface area contributed by atoms with Gasteiger partial charge in [-0.15, -0.1) is 12.4 Å². The summed E-state index contributed by atoms with van der Waals surface area (Å²) in [6.45, 7) is 2.85. The van der Waals surface area contributed by atoms with Gasteiger partial charge in [-0.05, 0) is 31.7 Å². The molecule has 5 heteroatoms. The van der Waals surface area contributed by atoms with Crippen LogP contribution in [0.15, 0.2) is 0 Å². The van der Waals surface area contributed by atoms with Gasteiger partial charge in [-0.1, -0.05) is 0 Å². The van der Waals surface area contributed by atoms with Crippen LogP contribution in [-0.2, 0) is 9.53 Å². The molecule has 0 aromatic rings. The van der Waals surface area contributed by atoms with Gasteiger partial charge in [-0.2, -0.15) is 0 Å². The van der Waals surface area contributed by atoms with Gasteiger partial charge in [0.2, 0.25) is 5.91 Å². The van der Waals surface area contributed by atoms with Crippen LogP contribution in [0, 0.1) is 5.92 Å². The second kappa shape index (κ2) is 8.95. The Morgan fingerprint density at radius 2 is 2.20 bits per heavy atom. The Morgan fingerprint density at radius 1 is 1.47 bits per heavy atom. The van der Waals surface area contributed by atoms with Gasteiger partial charge in [0.15, 0.2) is 0 Å². The zero-order valence-corrected chi connectivity index (χ0v) is 10.1. The summed E-state index contributed by atoms with van der Waals surface area (Å²) in [4.78, 5) is 11.2. The van der Waals surface area contributed by atoms with Gasteiger partial charge >= 0.3 is 0 Å². The zero-order valence-electron chi connectivity index (χ0n) is 9.25. The molecular formula is C10H21ClN2O2. The van der Waals surface area contributed by atoms with Gasteiger partial charge in [0.05, 0.1) is 6.54 Å². The lowest BCUT2D eigenvalue weighted by atomic mass is 10.4. The number of methoxy groups -OCH3 is 1. The first-order chi connectivity index (χ1) is 6.83. The van der Waals surface area contributed by atoms with Crippen molar-refractivity contribution in [3.8, 4) is 0 Å². The number of carbonyl (C=O) groups excluding carboxylic acids is 1. The molecule has 0 aliphatic heterocycles. The number of amides is 1. The molecule has 0 aromatic carbocycles. The first-order valence-corrected chi connectivity index (χ1v) is 5.29. The Hall–Kier alpha value is -0.320.